The number of fused-ring (bicyclic) bond motifs is 1. The lowest BCUT2D eigenvalue weighted by atomic mass is 9.94. The molecule has 2 aromatic heterocycles. The molecule has 0 atom stereocenters. The SMILES string of the molecule is COC(=O)c1cc(O)c(O)cc1Sc1nc2c(N)ncnc2n1CCC1CCN(C(=O)OC(C)(C)C)CC1. The van der Waals surface area contributed by atoms with E-state index in [0.29, 0.717) is 46.8 Å². The van der Waals surface area contributed by atoms with Crippen LogP contribution in [-0.4, -0.2) is 72.5 Å². The number of phenols is 2. The van der Waals surface area contributed by atoms with Crippen LogP contribution in [0.25, 0.3) is 11.2 Å². The standard InChI is InChI=1S/C25H32N6O6S/c1-25(2,3)37-24(35)30-8-5-14(6-9-30)7-10-31-21-19(20(26)27-13-28-21)29-23(31)38-18-12-17(33)16(32)11-15(18)22(34)36-4/h11-14,32-33H,5-10H2,1-4H3,(H2,26,27,28). The summed E-state index contributed by atoms with van der Waals surface area (Å²) in [6.07, 6.45) is 3.56. The molecule has 12 nitrogen and oxygen atoms in total. The number of rotatable bonds is 6. The van der Waals surface area contributed by atoms with Gasteiger partial charge in [-0.3, -0.25) is 0 Å². The highest BCUT2D eigenvalue weighted by atomic mass is 32.2. The fraction of sp³-hybridized carbons (Fsp3) is 0.480. The molecule has 0 spiro atoms. The minimum absolute atomic E-state index is 0.0833. The number of ether oxygens (including phenoxy) is 2. The van der Waals surface area contributed by atoms with Gasteiger partial charge in [0.25, 0.3) is 0 Å². The number of phenolic OH excluding ortho intramolecular Hbond substituents is 2. The molecule has 3 heterocycles. The van der Waals surface area contributed by atoms with Crippen molar-refractivity contribution < 1.29 is 29.3 Å². The van der Waals surface area contributed by atoms with Gasteiger partial charge in [0.15, 0.2) is 33.6 Å². The van der Waals surface area contributed by atoms with Gasteiger partial charge in [0, 0.05) is 24.5 Å². The zero-order valence-electron chi connectivity index (χ0n) is 21.8. The lowest BCUT2D eigenvalue weighted by molar-refractivity contribution is 0.0179. The summed E-state index contributed by atoms with van der Waals surface area (Å²) in [6.45, 7) is 7.36. The van der Waals surface area contributed by atoms with E-state index in [1.54, 1.807) is 4.90 Å². The van der Waals surface area contributed by atoms with Gasteiger partial charge in [-0.2, -0.15) is 0 Å². The summed E-state index contributed by atoms with van der Waals surface area (Å²) in [5.41, 5.74) is 6.60. The number of piperidine rings is 1. The van der Waals surface area contributed by atoms with E-state index in [-0.39, 0.29) is 23.2 Å². The quantitative estimate of drug-likeness (QED) is 0.305. The first-order valence-electron chi connectivity index (χ1n) is 12.2. The maximum Gasteiger partial charge on any atom is 0.410 e. The van der Waals surface area contributed by atoms with E-state index >= 15 is 0 Å². The van der Waals surface area contributed by atoms with Gasteiger partial charge >= 0.3 is 12.1 Å². The Morgan fingerprint density at radius 3 is 2.50 bits per heavy atom. The van der Waals surface area contributed by atoms with E-state index in [2.05, 4.69) is 15.0 Å². The molecule has 0 aliphatic carbocycles. The summed E-state index contributed by atoms with van der Waals surface area (Å²) in [5.74, 6) is -0.883. The average Bonchev–Trinajstić information content (AvgIpc) is 3.21. The lowest BCUT2D eigenvalue weighted by Crippen LogP contribution is -2.41. The minimum Gasteiger partial charge on any atom is -0.504 e. The molecule has 1 fully saturated rings. The van der Waals surface area contributed by atoms with E-state index < -0.39 is 17.3 Å². The molecule has 1 aliphatic heterocycles. The first kappa shape index (κ1) is 27.3. The Bertz CT molecular complexity index is 1350. The predicted molar refractivity (Wildman–Crippen MR) is 140 cm³/mol. The molecule has 0 radical (unpaired) electrons. The third-order valence-electron chi connectivity index (χ3n) is 6.24. The Kier molecular flexibility index (Phi) is 7.86. The molecule has 4 N–H and O–H groups in total. The zero-order valence-corrected chi connectivity index (χ0v) is 22.6. The number of amides is 1. The summed E-state index contributed by atoms with van der Waals surface area (Å²) in [5, 5.41) is 20.5. The van der Waals surface area contributed by atoms with Crippen LogP contribution in [0.4, 0.5) is 10.6 Å². The number of nitrogen functional groups attached to an aromatic ring is 1. The van der Waals surface area contributed by atoms with Gasteiger partial charge in [0.2, 0.25) is 0 Å². The number of hydrogen-bond donors (Lipinski definition) is 3. The number of nitrogens with zero attached hydrogens (tertiary/aromatic N) is 5. The number of nitrogens with two attached hydrogens (primary N) is 1. The van der Waals surface area contributed by atoms with E-state index in [9.17, 15) is 19.8 Å². The smallest absolute Gasteiger partial charge is 0.410 e. The molecule has 1 aromatic carbocycles. The zero-order chi connectivity index (χ0) is 27.6. The molecule has 0 saturated carbocycles. The minimum atomic E-state index is -0.665. The van der Waals surface area contributed by atoms with Crippen molar-refractivity contribution in [1.82, 2.24) is 24.4 Å². The highest BCUT2D eigenvalue weighted by Gasteiger charge is 2.28. The van der Waals surface area contributed by atoms with E-state index in [0.717, 1.165) is 37.1 Å². The number of esters is 1. The van der Waals surface area contributed by atoms with Crippen LogP contribution in [0.15, 0.2) is 28.5 Å². The number of carbonyl (C=O) groups is 2. The number of aryl methyl sites for hydroxylation is 1. The first-order chi connectivity index (χ1) is 18.0. The Hall–Kier alpha value is -3.74. The van der Waals surface area contributed by atoms with Crippen molar-refractivity contribution in [3.05, 3.63) is 24.0 Å². The van der Waals surface area contributed by atoms with Crippen LogP contribution in [0.5, 0.6) is 11.5 Å². The second-order valence-corrected chi connectivity index (χ2v) is 11.1. The van der Waals surface area contributed by atoms with Crippen molar-refractivity contribution >= 4 is 40.8 Å². The van der Waals surface area contributed by atoms with Crippen molar-refractivity contribution in [2.75, 3.05) is 25.9 Å². The lowest BCUT2D eigenvalue weighted by Gasteiger charge is -2.33. The summed E-state index contributed by atoms with van der Waals surface area (Å²) in [4.78, 5) is 39.9. The number of aromatic nitrogens is 4. The summed E-state index contributed by atoms with van der Waals surface area (Å²) in [7, 11) is 1.24. The van der Waals surface area contributed by atoms with E-state index in [1.165, 1.54) is 19.5 Å². The Morgan fingerprint density at radius 2 is 1.84 bits per heavy atom. The van der Waals surface area contributed by atoms with Crippen LogP contribution in [0, 0.1) is 5.92 Å². The molecule has 38 heavy (non-hydrogen) atoms. The summed E-state index contributed by atoms with van der Waals surface area (Å²) >= 11 is 1.13. The highest BCUT2D eigenvalue weighted by molar-refractivity contribution is 7.99. The van der Waals surface area contributed by atoms with Crippen LogP contribution in [0.3, 0.4) is 0 Å². The molecule has 1 amide bonds. The van der Waals surface area contributed by atoms with Gasteiger partial charge in [-0.15, -0.1) is 0 Å². The molecule has 204 valence electrons. The van der Waals surface area contributed by atoms with Crippen molar-refractivity contribution in [3.63, 3.8) is 0 Å². The molecule has 3 aromatic rings. The van der Waals surface area contributed by atoms with Crippen LogP contribution >= 0.6 is 11.8 Å². The van der Waals surface area contributed by atoms with Crippen LogP contribution in [0.2, 0.25) is 0 Å². The fourth-order valence-electron chi connectivity index (χ4n) is 4.27. The predicted octanol–water partition coefficient (Wildman–Crippen LogP) is 3.79. The molecule has 13 heteroatoms. The van der Waals surface area contributed by atoms with Crippen molar-refractivity contribution in [3.8, 4) is 11.5 Å². The third kappa shape index (κ3) is 6.04. The largest absolute Gasteiger partial charge is 0.504 e. The molecule has 4 rings (SSSR count). The molecule has 1 saturated heterocycles. The first-order valence-corrected chi connectivity index (χ1v) is 13.0. The molecular weight excluding hydrogens is 512 g/mol. The highest BCUT2D eigenvalue weighted by Crippen LogP contribution is 2.39. The van der Waals surface area contributed by atoms with Gasteiger partial charge < -0.3 is 34.9 Å². The Morgan fingerprint density at radius 1 is 1.16 bits per heavy atom. The number of methoxy groups -OCH3 is 1. The second kappa shape index (κ2) is 10.9. The van der Waals surface area contributed by atoms with Gasteiger partial charge in [0.05, 0.1) is 12.7 Å². The maximum atomic E-state index is 12.4. The maximum absolute atomic E-state index is 12.4. The monoisotopic (exact) mass is 544 g/mol. The van der Waals surface area contributed by atoms with Gasteiger partial charge in [-0.25, -0.2) is 24.5 Å². The van der Waals surface area contributed by atoms with Gasteiger partial charge in [-0.1, -0.05) is 11.8 Å². The van der Waals surface area contributed by atoms with Crippen molar-refractivity contribution in [2.24, 2.45) is 5.92 Å². The molecule has 0 bridgehead atoms. The van der Waals surface area contributed by atoms with Gasteiger partial charge in [0.1, 0.15) is 11.9 Å². The number of carbonyl (C=O) groups excluding carboxylic acids is 2. The van der Waals surface area contributed by atoms with E-state index in [1.807, 2.05) is 25.3 Å². The van der Waals surface area contributed by atoms with Gasteiger partial charge in [-0.05, 0) is 58.1 Å². The van der Waals surface area contributed by atoms with Crippen LogP contribution in [0.1, 0.15) is 50.4 Å². The molecule has 0 unspecified atom stereocenters. The van der Waals surface area contributed by atoms with Crippen molar-refractivity contribution in [2.45, 2.75) is 62.2 Å². The number of likely N-dealkylation sites (tertiary alicyclic amines) is 1. The normalized spacial score (nSPS) is 14.6. The number of anilines is 1. The number of imidazole rings is 1. The average molecular weight is 545 g/mol. The number of benzene rings is 1. The number of aromatic hydroxyl groups is 2. The third-order valence-corrected chi connectivity index (χ3v) is 7.29. The van der Waals surface area contributed by atoms with Crippen LogP contribution in [-0.2, 0) is 16.0 Å². The topological polar surface area (TPSA) is 166 Å². The van der Waals surface area contributed by atoms with Crippen molar-refractivity contribution in [1.29, 1.82) is 0 Å². The summed E-state index contributed by atoms with van der Waals surface area (Å²) in [6, 6.07) is 2.44. The fourth-order valence-corrected chi connectivity index (χ4v) is 5.31. The van der Waals surface area contributed by atoms with Crippen LogP contribution < -0.4 is 5.73 Å². The Balaban J connectivity index is 1.55. The van der Waals surface area contributed by atoms with E-state index in [4.69, 9.17) is 15.2 Å². The Labute approximate surface area is 224 Å². The number of hydrogen-bond acceptors (Lipinski definition) is 11. The summed E-state index contributed by atoms with van der Waals surface area (Å²) < 4.78 is 12.2. The second-order valence-electron chi connectivity index (χ2n) is 10.1. The molecule has 1 aliphatic rings. The molecular formula is C25H32N6O6S.